The quantitative estimate of drug-likeness (QED) is 0.557. The van der Waals surface area contributed by atoms with Gasteiger partial charge in [-0.1, -0.05) is 0 Å². The Kier molecular flexibility index (Phi) is 4.32. The van der Waals surface area contributed by atoms with Gasteiger partial charge in [-0.15, -0.1) is 0 Å². The van der Waals surface area contributed by atoms with Crippen LogP contribution in [-0.4, -0.2) is 33.0 Å². The molecule has 0 unspecified atom stereocenters. The van der Waals surface area contributed by atoms with Crippen molar-refractivity contribution in [1.82, 2.24) is 20.2 Å². The van der Waals surface area contributed by atoms with Crippen molar-refractivity contribution in [3.05, 3.63) is 28.3 Å². The lowest BCUT2D eigenvalue weighted by molar-refractivity contribution is -0.000838. The van der Waals surface area contributed by atoms with Gasteiger partial charge >= 0.3 is 0 Å². The predicted octanol–water partition coefficient (Wildman–Crippen LogP) is 2.99. The molecule has 0 saturated heterocycles. The third-order valence-corrected chi connectivity index (χ3v) is 4.08. The number of aromatic amines is 1. The molecule has 3 rings (SSSR count). The molecule has 23 heavy (non-hydrogen) atoms. The molecule has 0 amide bonds. The van der Waals surface area contributed by atoms with Crippen LogP contribution in [0.15, 0.2) is 6.07 Å². The summed E-state index contributed by atoms with van der Waals surface area (Å²) in [6.07, 6.45) is 4.17. The summed E-state index contributed by atoms with van der Waals surface area (Å²) in [5, 5.41) is 17.8. The lowest BCUT2D eigenvalue weighted by Gasteiger charge is -2.22. The van der Waals surface area contributed by atoms with Crippen LogP contribution in [0.2, 0.25) is 5.28 Å². The van der Waals surface area contributed by atoms with Crippen LogP contribution in [0.25, 0.3) is 0 Å². The summed E-state index contributed by atoms with van der Waals surface area (Å²) in [5.41, 5.74) is 2.38. The predicted molar refractivity (Wildman–Crippen MR) is 88.7 cm³/mol. The summed E-state index contributed by atoms with van der Waals surface area (Å²) in [6.45, 7) is 4.10. The van der Waals surface area contributed by atoms with Gasteiger partial charge in [-0.2, -0.15) is 5.10 Å². The molecule has 2 heterocycles. The second-order valence-electron chi connectivity index (χ2n) is 5.94. The molecule has 0 radical (unpaired) electrons. The number of aromatic nitrogens is 4. The van der Waals surface area contributed by atoms with Crippen molar-refractivity contribution in [1.29, 1.82) is 5.41 Å². The van der Waals surface area contributed by atoms with Gasteiger partial charge in [-0.25, -0.2) is 9.97 Å². The number of halogens is 1. The normalized spacial score (nSPS) is 13.9. The number of anilines is 2. The molecule has 0 atom stereocenters. The van der Waals surface area contributed by atoms with E-state index < -0.39 is 5.60 Å². The van der Waals surface area contributed by atoms with Crippen molar-refractivity contribution >= 4 is 29.5 Å². The van der Waals surface area contributed by atoms with E-state index in [-0.39, 0.29) is 11.9 Å². The molecule has 2 aromatic rings. The summed E-state index contributed by atoms with van der Waals surface area (Å²) >= 11 is 6.00. The van der Waals surface area contributed by atoms with Gasteiger partial charge in [0.2, 0.25) is 5.28 Å². The van der Waals surface area contributed by atoms with Crippen LogP contribution in [0.5, 0.6) is 0 Å². The number of hydrogen-bond donors (Lipinski definition) is 3. The highest BCUT2D eigenvalue weighted by Gasteiger charge is 2.24. The number of ether oxygens (including phenoxy) is 1. The Morgan fingerprint density at radius 3 is 3.04 bits per heavy atom. The van der Waals surface area contributed by atoms with Crippen LogP contribution in [0.3, 0.4) is 0 Å². The van der Waals surface area contributed by atoms with Crippen LogP contribution in [-0.2, 0) is 23.2 Å². The second-order valence-corrected chi connectivity index (χ2v) is 6.28. The SMILES string of the molecule is CC(C)(OCC=N)c1cc(Nc2nc(Cl)nc3c2CCC3)n[nH]1. The van der Waals surface area contributed by atoms with Crippen molar-refractivity contribution in [2.75, 3.05) is 11.9 Å². The Balaban J connectivity index is 1.81. The number of hydrogen-bond acceptors (Lipinski definition) is 6. The number of aryl methyl sites for hydroxylation is 1. The third-order valence-electron chi connectivity index (χ3n) is 3.91. The number of nitrogens with zero attached hydrogens (tertiary/aromatic N) is 3. The van der Waals surface area contributed by atoms with E-state index in [0.717, 1.165) is 36.2 Å². The second kappa shape index (κ2) is 6.25. The average molecular weight is 335 g/mol. The molecule has 0 spiro atoms. The first-order chi connectivity index (χ1) is 11.0. The highest BCUT2D eigenvalue weighted by molar-refractivity contribution is 6.28. The van der Waals surface area contributed by atoms with Crippen molar-refractivity contribution < 1.29 is 4.74 Å². The molecule has 0 saturated carbocycles. The molecular formula is C15H19ClN6O. The van der Waals surface area contributed by atoms with Crippen LogP contribution in [0.1, 0.15) is 37.2 Å². The maximum atomic E-state index is 7.07. The summed E-state index contributed by atoms with van der Waals surface area (Å²) < 4.78 is 5.63. The van der Waals surface area contributed by atoms with Crippen molar-refractivity contribution in [2.45, 2.75) is 38.7 Å². The van der Waals surface area contributed by atoms with Crippen molar-refractivity contribution in [3.63, 3.8) is 0 Å². The van der Waals surface area contributed by atoms with Crippen molar-refractivity contribution in [3.8, 4) is 0 Å². The lowest BCUT2D eigenvalue weighted by Crippen LogP contribution is -2.23. The number of fused-ring (bicyclic) bond motifs is 1. The van der Waals surface area contributed by atoms with Gasteiger partial charge in [0.25, 0.3) is 0 Å². The minimum Gasteiger partial charge on any atom is -0.364 e. The molecular weight excluding hydrogens is 316 g/mol. The highest BCUT2D eigenvalue weighted by atomic mass is 35.5. The fourth-order valence-electron chi connectivity index (χ4n) is 2.65. The largest absolute Gasteiger partial charge is 0.364 e. The zero-order chi connectivity index (χ0) is 16.4. The Labute approximate surface area is 139 Å². The number of rotatable bonds is 6. The smallest absolute Gasteiger partial charge is 0.224 e. The fourth-order valence-corrected chi connectivity index (χ4v) is 2.84. The van der Waals surface area contributed by atoms with E-state index in [4.69, 9.17) is 21.7 Å². The van der Waals surface area contributed by atoms with E-state index in [1.54, 1.807) is 0 Å². The van der Waals surface area contributed by atoms with Gasteiger partial charge in [0.1, 0.15) is 11.4 Å². The van der Waals surface area contributed by atoms with Crippen LogP contribution >= 0.6 is 11.6 Å². The zero-order valence-corrected chi connectivity index (χ0v) is 13.9. The molecule has 122 valence electrons. The molecule has 0 fully saturated rings. The number of H-pyrrole nitrogens is 1. The standard InChI is InChI=1S/C15H19ClN6O/c1-15(2,23-7-6-17)11-8-12(22-21-11)19-13-9-4-3-5-10(9)18-14(16)20-13/h6,8,17H,3-5,7H2,1-2H3,(H2,18,19,20,21,22). The van der Waals surface area contributed by atoms with Gasteiger partial charge < -0.3 is 15.5 Å². The fraction of sp³-hybridized carbons (Fsp3) is 0.467. The average Bonchev–Trinajstić information content (AvgIpc) is 3.14. The van der Waals surface area contributed by atoms with E-state index in [1.807, 2.05) is 19.9 Å². The van der Waals surface area contributed by atoms with Gasteiger partial charge in [-0.3, -0.25) is 5.10 Å². The maximum Gasteiger partial charge on any atom is 0.224 e. The first kappa shape index (κ1) is 15.9. The monoisotopic (exact) mass is 334 g/mol. The molecule has 0 aliphatic heterocycles. The van der Waals surface area contributed by atoms with Gasteiger partial charge in [0, 0.05) is 17.8 Å². The van der Waals surface area contributed by atoms with Crippen molar-refractivity contribution in [2.24, 2.45) is 0 Å². The lowest BCUT2D eigenvalue weighted by atomic mass is 10.1. The summed E-state index contributed by atoms with van der Waals surface area (Å²) in [4.78, 5) is 8.57. The Hall–Kier alpha value is -1.99. The number of nitrogens with one attached hydrogen (secondary N) is 3. The van der Waals surface area contributed by atoms with E-state index in [2.05, 4.69) is 25.5 Å². The molecule has 3 N–H and O–H groups in total. The molecule has 0 bridgehead atoms. The Morgan fingerprint density at radius 1 is 1.43 bits per heavy atom. The first-order valence-corrected chi connectivity index (χ1v) is 7.88. The Bertz CT molecular complexity index is 727. The van der Waals surface area contributed by atoms with Crippen LogP contribution in [0.4, 0.5) is 11.6 Å². The molecule has 2 aromatic heterocycles. The minimum atomic E-state index is -0.560. The van der Waals surface area contributed by atoms with Gasteiger partial charge in [-0.05, 0) is 44.7 Å². The van der Waals surface area contributed by atoms with Crippen LogP contribution < -0.4 is 5.32 Å². The molecule has 7 nitrogen and oxygen atoms in total. The highest BCUT2D eigenvalue weighted by Crippen LogP contribution is 2.30. The van der Waals surface area contributed by atoms with Crippen LogP contribution in [0, 0.1) is 5.41 Å². The molecule has 1 aliphatic carbocycles. The van der Waals surface area contributed by atoms with Gasteiger partial charge in [0.15, 0.2) is 5.82 Å². The van der Waals surface area contributed by atoms with E-state index in [0.29, 0.717) is 11.6 Å². The Morgan fingerprint density at radius 2 is 2.26 bits per heavy atom. The van der Waals surface area contributed by atoms with E-state index in [9.17, 15) is 0 Å². The summed E-state index contributed by atoms with van der Waals surface area (Å²) in [5.74, 6) is 1.36. The summed E-state index contributed by atoms with van der Waals surface area (Å²) in [6, 6.07) is 1.88. The topological polar surface area (TPSA) is 99.6 Å². The summed E-state index contributed by atoms with van der Waals surface area (Å²) in [7, 11) is 0. The molecule has 8 heteroatoms. The maximum absolute atomic E-state index is 7.07. The van der Waals surface area contributed by atoms with E-state index >= 15 is 0 Å². The minimum absolute atomic E-state index is 0.249. The molecule has 1 aliphatic rings. The molecule has 0 aromatic carbocycles. The third kappa shape index (κ3) is 3.35. The van der Waals surface area contributed by atoms with Gasteiger partial charge in [0.05, 0.1) is 18.0 Å². The zero-order valence-electron chi connectivity index (χ0n) is 13.1. The first-order valence-electron chi connectivity index (χ1n) is 7.50. The van der Waals surface area contributed by atoms with E-state index in [1.165, 1.54) is 6.21 Å².